The van der Waals surface area contributed by atoms with E-state index in [9.17, 15) is 0 Å². The van der Waals surface area contributed by atoms with E-state index in [1.807, 2.05) is 0 Å². The summed E-state index contributed by atoms with van der Waals surface area (Å²) in [5.41, 5.74) is 1.12. The lowest BCUT2D eigenvalue weighted by Crippen LogP contribution is -2.34. The van der Waals surface area contributed by atoms with E-state index in [1.165, 1.54) is 32.4 Å². The lowest BCUT2D eigenvalue weighted by molar-refractivity contribution is 0.318. The van der Waals surface area contributed by atoms with Gasteiger partial charge in [0, 0.05) is 30.4 Å². The number of nitrogens with zero attached hydrogens (tertiary/aromatic N) is 3. The zero-order valence-electron chi connectivity index (χ0n) is 11.3. The number of hydrogen-bond acceptors (Lipinski definition) is 4. The molecule has 2 saturated heterocycles. The summed E-state index contributed by atoms with van der Waals surface area (Å²) in [6.07, 6.45) is 5.61. The molecule has 0 spiro atoms. The Morgan fingerprint density at radius 3 is 3.00 bits per heavy atom. The Hall–Kier alpha value is -1.16. The fourth-order valence-corrected chi connectivity index (χ4v) is 3.21. The molecule has 4 heteroatoms. The SMILES string of the molecule is CC(C)c1cc(NC2CCN3CCCC23)ncn1. The molecule has 0 radical (unpaired) electrons. The zero-order valence-corrected chi connectivity index (χ0v) is 11.3. The Bertz CT molecular complexity index is 418. The molecule has 98 valence electrons. The van der Waals surface area contributed by atoms with Crippen LogP contribution in [-0.4, -0.2) is 40.0 Å². The standard InChI is InChI=1S/C14H22N4/c1-10(2)12-8-14(16-9-15-12)17-11-5-7-18-6-3-4-13(11)18/h8-11,13H,3-7H2,1-2H3,(H,15,16,17). The first-order valence-corrected chi connectivity index (χ1v) is 7.06. The van der Waals surface area contributed by atoms with Gasteiger partial charge in [-0.3, -0.25) is 4.90 Å². The molecule has 4 nitrogen and oxygen atoms in total. The second-order valence-corrected chi connectivity index (χ2v) is 5.77. The van der Waals surface area contributed by atoms with Crippen molar-refractivity contribution in [3.63, 3.8) is 0 Å². The Morgan fingerprint density at radius 2 is 2.17 bits per heavy atom. The predicted molar refractivity (Wildman–Crippen MR) is 72.7 cm³/mol. The minimum atomic E-state index is 0.458. The highest BCUT2D eigenvalue weighted by molar-refractivity contribution is 5.37. The van der Waals surface area contributed by atoms with Crippen molar-refractivity contribution < 1.29 is 0 Å². The van der Waals surface area contributed by atoms with Crippen LogP contribution >= 0.6 is 0 Å². The number of anilines is 1. The molecule has 0 aliphatic carbocycles. The van der Waals surface area contributed by atoms with E-state index >= 15 is 0 Å². The number of nitrogens with one attached hydrogen (secondary N) is 1. The molecule has 0 amide bonds. The molecule has 18 heavy (non-hydrogen) atoms. The Balaban J connectivity index is 1.71. The zero-order chi connectivity index (χ0) is 12.5. The fourth-order valence-electron chi connectivity index (χ4n) is 3.21. The number of hydrogen-bond donors (Lipinski definition) is 1. The first-order chi connectivity index (χ1) is 8.74. The van der Waals surface area contributed by atoms with Gasteiger partial charge in [-0.25, -0.2) is 9.97 Å². The lowest BCUT2D eigenvalue weighted by Gasteiger charge is -2.21. The molecular formula is C14H22N4. The topological polar surface area (TPSA) is 41.0 Å². The second kappa shape index (κ2) is 4.84. The normalized spacial score (nSPS) is 27.7. The maximum atomic E-state index is 4.36. The average molecular weight is 246 g/mol. The third-order valence-corrected chi connectivity index (χ3v) is 4.22. The van der Waals surface area contributed by atoms with E-state index in [2.05, 4.69) is 40.1 Å². The third kappa shape index (κ3) is 2.21. The minimum Gasteiger partial charge on any atom is -0.366 e. The molecule has 0 aromatic carbocycles. The van der Waals surface area contributed by atoms with Gasteiger partial charge < -0.3 is 5.32 Å². The maximum absolute atomic E-state index is 4.36. The molecule has 1 aromatic heterocycles. The molecule has 2 aliphatic heterocycles. The van der Waals surface area contributed by atoms with E-state index < -0.39 is 0 Å². The van der Waals surface area contributed by atoms with E-state index in [1.54, 1.807) is 6.33 Å². The molecular weight excluding hydrogens is 224 g/mol. The van der Waals surface area contributed by atoms with Crippen molar-refractivity contribution in [1.29, 1.82) is 0 Å². The summed E-state index contributed by atoms with van der Waals surface area (Å²) in [6, 6.07) is 3.40. The molecule has 0 saturated carbocycles. The highest BCUT2D eigenvalue weighted by Crippen LogP contribution is 2.29. The van der Waals surface area contributed by atoms with Crippen LogP contribution in [0.2, 0.25) is 0 Å². The van der Waals surface area contributed by atoms with Gasteiger partial charge in [0.1, 0.15) is 12.1 Å². The first-order valence-electron chi connectivity index (χ1n) is 7.06. The van der Waals surface area contributed by atoms with Crippen molar-refractivity contribution in [1.82, 2.24) is 14.9 Å². The van der Waals surface area contributed by atoms with Crippen molar-refractivity contribution in [3.8, 4) is 0 Å². The van der Waals surface area contributed by atoms with Crippen LogP contribution in [0.5, 0.6) is 0 Å². The number of rotatable bonds is 3. The van der Waals surface area contributed by atoms with Gasteiger partial charge in [0.25, 0.3) is 0 Å². The number of fused-ring (bicyclic) bond motifs is 1. The Labute approximate surface area is 109 Å². The smallest absolute Gasteiger partial charge is 0.129 e. The summed E-state index contributed by atoms with van der Waals surface area (Å²) in [4.78, 5) is 11.3. The van der Waals surface area contributed by atoms with Crippen molar-refractivity contribution in [2.75, 3.05) is 18.4 Å². The van der Waals surface area contributed by atoms with Gasteiger partial charge in [0.2, 0.25) is 0 Å². The maximum Gasteiger partial charge on any atom is 0.129 e. The highest BCUT2D eigenvalue weighted by Gasteiger charge is 2.37. The van der Waals surface area contributed by atoms with E-state index in [4.69, 9.17) is 0 Å². The molecule has 2 atom stereocenters. The third-order valence-electron chi connectivity index (χ3n) is 4.22. The quantitative estimate of drug-likeness (QED) is 0.888. The highest BCUT2D eigenvalue weighted by atomic mass is 15.2. The molecule has 2 aliphatic rings. The van der Waals surface area contributed by atoms with Crippen LogP contribution in [0.1, 0.15) is 44.7 Å². The number of aromatic nitrogens is 2. The molecule has 0 bridgehead atoms. The summed E-state index contributed by atoms with van der Waals surface area (Å²) in [5.74, 6) is 1.45. The van der Waals surface area contributed by atoms with Crippen LogP contribution in [0, 0.1) is 0 Å². The molecule has 2 unspecified atom stereocenters. The van der Waals surface area contributed by atoms with Gasteiger partial charge in [0.05, 0.1) is 0 Å². The van der Waals surface area contributed by atoms with Crippen LogP contribution in [0.25, 0.3) is 0 Å². The van der Waals surface area contributed by atoms with Crippen LogP contribution in [0.15, 0.2) is 12.4 Å². The predicted octanol–water partition coefficient (Wildman–Crippen LogP) is 2.25. The molecule has 1 N–H and O–H groups in total. The monoisotopic (exact) mass is 246 g/mol. The molecule has 3 rings (SSSR count). The summed E-state index contributed by atoms with van der Waals surface area (Å²) in [5, 5.41) is 3.61. The van der Waals surface area contributed by atoms with E-state index in [0.29, 0.717) is 12.0 Å². The van der Waals surface area contributed by atoms with Gasteiger partial charge in [-0.2, -0.15) is 0 Å². The fraction of sp³-hybridized carbons (Fsp3) is 0.714. The summed E-state index contributed by atoms with van der Waals surface area (Å²) >= 11 is 0. The second-order valence-electron chi connectivity index (χ2n) is 5.77. The van der Waals surface area contributed by atoms with Gasteiger partial charge in [-0.1, -0.05) is 13.8 Å². The van der Waals surface area contributed by atoms with Crippen LogP contribution in [0.4, 0.5) is 5.82 Å². The minimum absolute atomic E-state index is 0.458. The van der Waals surface area contributed by atoms with Crippen molar-refractivity contribution in [2.24, 2.45) is 0 Å². The van der Waals surface area contributed by atoms with Gasteiger partial charge in [0.15, 0.2) is 0 Å². The molecule has 3 heterocycles. The Kier molecular flexibility index (Phi) is 3.20. The summed E-state index contributed by atoms with van der Waals surface area (Å²) in [7, 11) is 0. The van der Waals surface area contributed by atoms with E-state index in [-0.39, 0.29) is 0 Å². The molecule has 2 fully saturated rings. The average Bonchev–Trinajstić information content (AvgIpc) is 2.94. The van der Waals surface area contributed by atoms with Crippen LogP contribution < -0.4 is 5.32 Å². The largest absolute Gasteiger partial charge is 0.366 e. The summed E-state index contributed by atoms with van der Waals surface area (Å²) in [6.45, 7) is 6.86. The van der Waals surface area contributed by atoms with Gasteiger partial charge in [-0.05, 0) is 31.7 Å². The lowest BCUT2D eigenvalue weighted by atomic mass is 10.1. The van der Waals surface area contributed by atoms with Crippen molar-refractivity contribution in [3.05, 3.63) is 18.1 Å². The molecule has 1 aromatic rings. The van der Waals surface area contributed by atoms with Gasteiger partial charge >= 0.3 is 0 Å². The summed E-state index contributed by atoms with van der Waals surface area (Å²) < 4.78 is 0. The van der Waals surface area contributed by atoms with Crippen LogP contribution in [-0.2, 0) is 0 Å². The van der Waals surface area contributed by atoms with Crippen LogP contribution in [0.3, 0.4) is 0 Å². The first kappa shape index (κ1) is 11.9. The van der Waals surface area contributed by atoms with Gasteiger partial charge in [-0.15, -0.1) is 0 Å². The Morgan fingerprint density at radius 1 is 1.28 bits per heavy atom. The van der Waals surface area contributed by atoms with E-state index in [0.717, 1.165) is 17.6 Å². The van der Waals surface area contributed by atoms with Crippen molar-refractivity contribution in [2.45, 2.75) is 51.1 Å². The van der Waals surface area contributed by atoms with Crippen molar-refractivity contribution >= 4 is 5.82 Å².